The highest BCUT2D eigenvalue weighted by Gasteiger charge is 2.24. The molecule has 13 rings (SSSR count). The van der Waals surface area contributed by atoms with Gasteiger partial charge in [0.15, 0.2) is 0 Å². The summed E-state index contributed by atoms with van der Waals surface area (Å²) in [5.41, 5.74) is 14.9. The fraction of sp³-hybridized carbons (Fsp3) is 0. The lowest BCUT2D eigenvalue weighted by Crippen LogP contribution is -2.10. The summed E-state index contributed by atoms with van der Waals surface area (Å²) < 4.78 is 11.5. The Morgan fingerprint density at radius 3 is 1.55 bits per heavy atom. The summed E-state index contributed by atoms with van der Waals surface area (Å²) in [4.78, 5) is 2.49. The monoisotopic (exact) mass is 851 g/mol. The lowest BCUT2D eigenvalue weighted by Gasteiger charge is -2.27. The zero-order valence-corrected chi connectivity index (χ0v) is 36.2. The Labute approximate surface area is 378 Å². The Kier molecular flexibility index (Phi) is 8.61. The predicted molar refractivity (Wildman–Crippen MR) is 276 cm³/mol. The van der Waals surface area contributed by atoms with Crippen molar-refractivity contribution in [1.82, 2.24) is 0 Å². The van der Waals surface area contributed by atoms with Gasteiger partial charge in [-0.3, -0.25) is 0 Å². The van der Waals surface area contributed by atoms with E-state index in [0.29, 0.717) is 0 Å². The van der Waals surface area contributed by atoms with Crippen molar-refractivity contribution in [2.75, 3.05) is 4.90 Å². The van der Waals surface area contributed by atoms with Crippen LogP contribution in [0, 0.1) is 0 Å². The van der Waals surface area contributed by atoms with Gasteiger partial charge < -0.3 is 9.32 Å². The Bertz CT molecular complexity index is 3890. The normalized spacial score (nSPS) is 11.8. The number of nitrogens with zero attached hydrogens (tertiary/aromatic N) is 1. The van der Waals surface area contributed by atoms with Crippen LogP contribution < -0.4 is 4.90 Å². The zero-order valence-electron chi connectivity index (χ0n) is 34.5. The number of thiophene rings is 2. The number of hydrogen-bond donors (Lipinski definition) is 0. The Balaban J connectivity index is 1.11. The highest BCUT2D eigenvalue weighted by molar-refractivity contribution is 7.27. The molecule has 0 amide bonds. The SMILES string of the molecule is c1ccc(-c2ccc3c(c2)sc2c(-c4ccccc4)ccc(N(c4ccc5oc6ccccc6c5c4)c4ccc5sc6c(-c7ccccc7)ccc(-c7ccccc7)c6c5c4)c23)cc1. The molecule has 0 atom stereocenters. The molecule has 3 aromatic heterocycles. The third-order valence-electron chi connectivity index (χ3n) is 12.7. The second kappa shape index (κ2) is 15.0. The molecule has 64 heavy (non-hydrogen) atoms. The molecular weight excluding hydrogens is 815 g/mol. The van der Waals surface area contributed by atoms with Gasteiger partial charge in [-0.2, -0.15) is 0 Å². The molecular formula is C60H37NOS2. The van der Waals surface area contributed by atoms with Gasteiger partial charge in [0, 0.05) is 62.5 Å². The lowest BCUT2D eigenvalue weighted by atomic mass is 9.94. The maximum Gasteiger partial charge on any atom is 0.135 e. The summed E-state index contributed by atoms with van der Waals surface area (Å²) in [6, 6.07) is 81.7. The van der Waals surface area contributed by atoms with Crippen LogP contribution in [-0.4, -0.2) is 0 Å². The molecule has 0 aliphatic heterocycles. The highest BCUT2D eigenvalue weighted by Crippen LogP contribution is 2.51. The van der Waals surface area contributed by atoms with E-state index in [1.807, 2.05) is 28.7 Å². The van der Waals surface area contributed by atoms with Gasteiger partial charge in [0.1, 0.15) is 11.2 Å². The molecule has 0 fully saturated rings. The van der Waals surface area contributed by atoms with E-state index in [2.05, 4.69) is 223 Å². The molecule has 0 spiro atoms. The molecule has 300 valence electrons. The van der Waals surface area contributed by atoms with E-state index in [-0.39, 0.29) is 0 Å². The maximum absolute atomic E-state index is 6.41. The van der Waals surface area contributed by atoms with Crippen LogP contribution in [0.4, 0.5) is 17.1 Å². The first kappa shape index (κ1) is 36.9. The smallest absolute Gasteiger partial charge is 0.135 e. The Morgan fingerprint density at radius 1 is 0.312 bits per heavy atom. The largest absolute Gasteiger partial charge is 0.456 e. The van der Waals surface area contributed by atoms with Gasteiger partial charge >= 0.3 is 0 Å². The van der Waals surface area contributed by atoms with Crippen LogP contribution in [0.5, 0.6) is 0 Å². The summed E-state index contributed by atoms with van der Waals surface area (Å²) in [7, 11) is 0. The van der Waals surface area contributed by atoms with Gasteiger partial charge in [-0.15, -0.1) is 22.7 Å². The fourth-order valence-electron chi connectivity index (χ4n) is 9.69. The number of anilines is 3. The van der Waals surface area contributed by atoms with Crippen molar-refractivity contribution < 1.29 is 4.42 Å². The van der Waals surface area contributed by atoms with Crippen LogP contribution in [-0.2, 0) is 0 Å². The minimum absolute atomic E-state index is 0.879. The molecule has 0 radical (unpaired) electrons. The number of furan rings is 1. The van der Waals surface area contributed by atoms with E-state index in [0.717, 1.165) is 39.0 Å². The van der Waals surface area contributed by atoms with Gasteiger partial charge in [0.2, 0.25) is 0 Å². The van der Waals surface area contributed by atoms with Crippen molar-refractivity contribution in [1.29, 1.82) is 0 Å². The fourth-order valence-corrected chi connectivity index (χ4v) is 12.2. The van der Waals surface area contributed by atoms with Crippen molar-refractivity contribution >= 4 is 102 Å². The number of fused-ring (bicyclic) bond motifs is 9. The van der Waals surface area contributed by atoms with Crippen molar-refractivity contribution in [3.8, 4) is 44.5 Å². The van der Waals surface area contributed by atoms with Crippen LogP contribution in [0.25, 0.3) is 107 Å². The summed E-state index contributed by atoms with van der Waals surface area (Å²) >= 11 is 3.77. The van der Waals surface area contributed by atoms with Crippen molar-refractivity contribution in [2.24, 2.45) is 0 Å². The minimum Gasteiger partial charge on any atom is -0.456 e. The molecule has 0 saturated carbocycles. The average molecular weight is 852 g/mol. The minimum atomic E-state index is 0.879. The summed E-state index contributed by atoms with van der Waals surface area (Å²) in [5.74, 6) is 0. The second-order valence-corrected chi connectivity index (χ2v) is 18.5. The van der Waals surface area contributed by atoms with E-state index < -0.39 is 0 Å². The van der Waals surface area contributed by atoms with Crippen molar-refractivity contribution in [3.05, 3.63) is 224 Å². The molecule has 0 aliphatic rings. The maximum atomic E-state index is 6.41. The third-order valence-corrected chi connectivity index (χ3v) is 15.1. The van der Waals surface area contributed by atoms with Gasteiger partial charge in [-0.25, -0.2) is 0 Å². The molecule has 0 bridgehead atoms. The quantitative estimate of drug-likeness (QED) is 0.159. The Morgan fingerprint density at radius 2 is 0.844 bits per heavy atom. The summed E-state index contributed by atoms with van der Waals surface area (Å²) in [5, 5.41) is 7.22. The lowest BCUT2D eigenvalue weighted by molar-refractivity contribution is 0.669. The van der Waals surface area contributed by atoms with Gasteiger partial charge in [-0.05, 0) is 99.1 Å². The van der Waals surface area contributed by atoms with E-state index in [1.165, 1.54) is 84.9 Å². The molecule has 0 unspecified atom stereocenters. The van der Waals surface area contributed by atoms with Crippen LogP contribution in [0.2, 0.25) is 0 Å². The number of rotatable bonds is 7. The standard InChI is InChI=1S/C60H37NOS2/c1-5-15-38(16-6-1)42-25-28-49-56(35-42)64-60-47(41-21-11-4-12-22-41)31-32-52(58(49)60)61(43-26-33-54-50(36-43)48-23-13-14-24-53(48)62-54)44-27-34-55-51(37-44)57-45(39-17-7-2-8-18-39)29-30-46(59(57)63-55)40-19-9-3-10-20-40/h1-37H. The first-order valence-corrected chi connectivity index (χ1v) is 23.3. The van der Waals surface area contributed by atoms with Crippen molar-refractivity contribution in [2.45, 2.75) is 0 Å². The molecule has 13 aromatic rings. The summed E-state index contributed by atoms with van der Waals surface area (Å²) in [6.45, 7) is 0. The van der Waals surface area contributed by atoms with E-state index >= 15 is 0 Å². The second-order valence-electron chi connectivity index (χ2n) is 16.4. The number of hydrogen-bond acceptors (Lipinski definition) is 4. The van der Waals surface area contributed by atoms with Crippen molar-refractivity contribution in [3.63, 3.8) is 0 Å². The molecule has 0 N–H and O–H groups in total. The topological polar surface area (TPSA) is 16.4 Å². The molecule has 0 aliphatic carbocycles. The van der Waals surface area contributed by atoms with Crippen LogP contribution in [0.3, 0.4) is 0 Å². The predicted octanol–water partition coefficient (Wildman–Crippen LogP) is 18.5. The first-order valence-electron chi connectivity index (χ1n) is 21.7. The Hall–Kier alpha value is -7.76. The highest BCUT2D eigenvalue weighted by atomic mass is 32.1. The van der Waals surface area contributed by atoms with E-state index in [4.69, 9.17) is 4.42 Å². The third kappa shape index (κ3) is 5.99. The number of para-hydroxylation sites is 1. The van der Waals surface area contributed by atoms with Gasteiger partial charge in [0.05, 0.1) is 5.69 Å². The van der Waals surface area contributed by atoms with Gasteiger partial charge in [0.25, 0.3) is 0 Å². The number of benzene rings is 10. The average Bonchev–Trinajstić information content (AvgIpc) is 4.06. The van der Waals surface area contributed by atoms with Crippen LogP contribution >= 0.6 is 22.7 Å². The molecule has 0 saturated heterocycles. The first-order chi connectivity index (χ1) is 31.7. The van der Waals surface area contributed by atoms with E-state index in [9.17, 15) is 0 Å². The van der Waals surface area contributed by atoms with Gasteiger partial charge in [-0.1, -0.05) is 170 Å². The molecule has 4 heteroatoms. The zero-order chi connectivity index (χ0) is 42.1. The van der Waals surface area contributed by atoms with Crippen LogP contribution in [0.1, 0.15) is 0 Å². The van der Waals surface area contributed by atoms with E-state index in [1.54, 1.807) is 0 Å². The molecule has 10 aromatic carbocycles. The summed E-state index contributed by atoms with van der Waals surface area (Å²) in [6.07, 6.45) is 0. The molecule has 3 heterocycles. The van der Waals surface area contributed by atoms with Crippen LogP contribution in [0.15, 0.2) is 229 Å². The molecule has 2 nitrogen and oxygen atoms in total.